The van der Waals surface area contributed by atoms with Gasteiger partial charge in [-0.1, -0.05) is 314 Å². The maximum absolute atomic E-state index is 13.0. The van der Waals surface area contributed by atoms with Crippen molar-refractivity contribution in [2.45, 2.75) is 353 Å². The molecule has 0 aromatic heterocycles. The van der Waals surface area contributed by atoms with E-state index in [0.717, 1.165) is 44.9 Å². The van der Waals surface area contributed by atoms with Crippen molar-refractivity contribution in [3.63, 3.8) is 0 Å². The van der Waals surface area contributed by atoms with E-state index >= 15 is 0 Å². The number of quaternary nitrogens is 1. The minimum absolute atomic E-state index is 0.0153. The normalized spacial score (nSPS) is 13.9. The Labute approximate surface area is 468 Å². The van der Waals surface area contributed by atoms with Crippen molar-refractivity contribution in [2.75, 3.05) is 40.9 Å². The highest BCUT2D eigenvalue weighted by atomic mass is 31.2. The molecule has 0 saturated carbocycles. The molecule has 0 radical (unpaired) electrons. The number of carbonyl (C=O) groups excluding carboxylic acids is 1. The van der Waals surface area contributed by atoms with Gasteiger partial charge in [-0.05, 0) is 44.9 Å². The lowest BCUT2D eigenvalue weighted by Gasteiger charge is -2.30. The zero-order valence-electron chi connectivity index (χ0n) is 51.0. The molecular weight excluding hydrogens is 948 g/mol. The second kappa shape index (κ2) is 57.7. The molecule has 0 heterocycles. The standard InChI is InChI=1S/C66H131N2O6P/c1-6-8-10-12-14-16-18-20-22-24-25-26-27-28-29-30-31-32-33-34-35-36-37-38-39-40-41-42-43-44-46-48-50-52-54-56-58-60-66(70)67-64(63-74-75(71,72)73-62-61-68(3,4)5)65(69)59-57-55-53-51-49-47-45-23-21-19-17-15-13-11-9-7-2/h18,20,24-25,64-65,69H,6-17,19,21-23,26-63H2,1-5H3,(H-,67,70,71,72)/b20-18-,25-24-. The van der Waals surface area contributed by atoms with Crippen molar-refractivity contribution in [1.29, 1.82) is 0 Å². The second-order valence-corrected chi connectivity index (χ2v) is 25.6. The monoisotopic (exact) mass is 1080 g/mol. The fourth-order valence-corrected chi connectivity index (χ4v) is 11.0. The van der Waals surface area contributed by atoms with E-state index in [4.69, 9.17) is 9.05 Å². The van der Waals surface area contributed by atoms with E-state index < -0.39 is 20.0 Å². The molecule has 0 aliphatic heterocycles. The molecule has 0 aromatic carbocycles. The lowest BCUT2D eigenvalue weighted by molar-refractivity contribution is -0.870. The van der Waals surface area contributed by atoms with Crippen LogP contribution < -0.4 is 10.2 Å². The lowest BCUT2D eigenvalue weighted by atomic mass is 10.0. The second-order valence-electron chi connectivity index (χ2n) is 24.2. The first kappa shape index (κ1) is 74.0. The van der Waals surface area contributed by atoms with Gasteiger partial charge in [-0.3, -0.25) is 9.36 Å². The van der Waals surface area contributed by atoms with Gasteiger partial charge in [0.2, 0.25) is 5.91 Å². The number of unbranched alkanes of at least 4 members (excludes halogenated alkanes) is 45. The van der Waals surface area contributed by atoms with Crippen LogP contribution in [-0.2, 0) is 18.4 Å². The molecule has 0 aliphatic carbocycles. The Kier molecular flexibility index (Phi) is 56.9. The van der Waals surface area contributed by atoms with Gasteiger partial charge >= 0.3 is 0 Å². The minimum atomic E-state index is -4.57. The van der Waals surface area contributed by atoms with Gasteiger partial charge in [-0.15, -0.1) is 0 Å². The van der Waals surface area contributed by atoms with E-state index in [1.54, 1.807) is 0 Å². The molecule has 0 aliphatic rings. The number of aliphatic hydroxyl groups excluding tert-OH is 1. The van der Waals surface area contributed by atoms with Gasteiger partial charge in [0.25, 0.3) is 7.82 Å². The molecule has 0 aromatic rings. The number of phosphoric ester groups is 1. The maximum Gasteiger partial charge on any atom is 0.268 e. The van der Waals surface area contributed by atoms with Crippen LogP contribution in [0.5, 0.6) is 0 Å². The molecular formula is C66H131N2O6P. The summed E-state index contributed by atoms with van der Waals surface area (Å²) in [7, 11) is 1.32. The Hall–Kier alpha value is -1.02. The molecule has 3 atom stereocenters. The molecule has 75 heavy (non-hydrogen) atoms. The lowest BCUT2D eigenvalue weighted by Crippen LogP contribution is -2.46. The average molecular weight is 1080 g/mol. The fourth-order valence-electron chi connectivity index (χ4n) is 10.3. The van der Waals surface area contributed by atoms with Crippen molar-refractivity contribution in [3.8, 4) is 0 Å². The predicted octanol–water partition coefficient (Wildman–Crippen LogP) is 20.1. The molecule has 0 spiro atoms. The van der Waals surface area contributed by atoms with Crippen LogP contribution in [0, 0.1) is 0 Å². The van der Waals surface area contributed by atoms with Crippen LogP contribution in [-0.4, -0.2) is 68.5 Å². The molecule has 0 saturated heterocycles. The van der Waals surface area contributed by atoms with Crippen LogP contribution in [0.4, 0.5) is 0 Å². The third-order valence-electron chi connectivity index (χ3n) is 15.4. The van der Waals surface area contributed by atoms with Crippen LogP contribution >= 0.6 is 7.82 Å². The minimum Gasteiger partial charge on any atom is -0.756 e. The summed E-state index contributed by atoms with van der Waals surface area (Å²) in [5.41, 5.74) is 0. The highest BCUT2D eigenvalue weighted by molar-refractivity contribution is 7.45. The van der Waals surface area contributed by atoms with Gasteiger partial charge < -0.3 is 28.8 Å². The molecule has 446 valence electrons. The Morgan fingerprint density at radius 2 is 0.773 bits per heavy atom. The molecule has 0 fully saturated rings. The smallest absolute Gasteiger partial charge is 0.268 e. The Bertz CT molecular complexity index is 1270. The summed E-state index contributed by atoms with van der Waals surface area (Å²) in [4.78, 5) is 25.6. The highest BCUT2D eigenvalue weighted by Crippen LogP contribution is 2.38. The van der Waals surface area contributed by atoms with Crippen LogP contribution in [0.25, 0.3) is 0 Å². The number of amides is 1. The Balaban J connectivity index is 3.89. The van der Waals surface area contributed by atoms with Crippen molar-refractivity contribution >= 4 is 13.7 Å². The summed E-state index contributed by atoms with van der Waals surface area (Å²) in [6, 6.07) is -0.797. The summed E-state index contributed by atoms with van der Waals surface area (Å²) in [6.07, 6.45) is 73.9. The molecule has 1 amide bonds. The van der Waals surface area contributed by atoms with Gasteiger partial charge in [0.1, 0.15) is 13.2 Å². The van der Waals surface area contributed by atoms with Crippen molar-refractivity contribution < 1.29 is 32.9 Å². The molecule has 2 N–H and O–H groups in total. The summed E-state index contributed by atoms with van der Waals surface area (Å²) in [5, 5.41) is 14.0. The van der Waals surface area contributed by atoms with Gasteiger partial charge in [-0.25, -0.2) is 0 Å². The topological polar surface area (TPSA) is 108 Å². The average Bonchev–Trinajstić information content (AvgIpc) is 3.37. The molecule has 3 unspecified atom stereocenters. The number of hydrogen-bond donors (Lipinski definition) is 2. The third kappa shape index (κ3) is 60.5. The SMILES string of the molecule is CCCCCCC/C=C\C/C=C\CCCCCCCCCCCCCCCCCCCCCCCCCCCC(=O)NC(COP(=O)([O-])OCC[N+](C)(C)C)C(O)CCCCCCCCCCCCCCCCCC. The zero-order chi connectivity index (χ0) is 54.9. The number of allylic oxidation sites excluding steroid dienone is 4. The number of hydrogen-bond acceptors (Lipinski definition) is 6. The first-order valence-electron chi connectivity index (χ1n) is 33.2. The summed E-state index contributed by atoms with van der Waals surface area (Å²) in [5.74, 6) is -0.157. The first-order valence-corrected chi connectivity index (χ1v) is 34.6. The molecule has 9 heteroatoms. The number of likely N-dealkylation sites (N-methyl/N-ethyl adjacent to an activating group) is 1. The number of carbonyl (C=O) groups is 1. The van der Waals surface area contributed by atoms with E-state index in [-0.39, 0.29) is 19.1 Å². The van der Waals surface area contributed by atoms with E-state index in [0.29, 0.717) is 23.9 Å². The van der Waals surface area contributed by atoms with Crippen molar-refractivity contribution in [2.24, 2.45) is 0 Å². The van der Waals surface area contributed by atoms with Crippen LogP contribution in [0.2, 0.25) is 0 Å². The van der Waals surface area contributed by atoms with Crippen LogP contribution in [0.15, 0.2) is 24.3 Å². The van der Waals surface area contributed by atoms with E-state index in [1.807, 2.05) is 21.1 Å². The van der Waals surface area contributed by atoms with Gasteiger partial charge in [-0.2, -0.15) is 0 Å². The number of phosphoric acid groups is 1. The first-order chi connectivity index (χ1) is 36.5. The summed E-state index contributed by atoms with van der Waals surface area (Å²) in [6.45, 7) is 4.76. The molecule has 0 bridgehead atoms. The zero-order valence-corrected chi connectivity index (χ0v) is 51.9. The number of rotatable bonds is 62. The van der Waals surface area contributed by atoms with Crippen molar-refractivity contribution in [1.82, 2.24) is 5.32 Å². The maximum atomic E-state index is 13.0. The fraction of sp³-hybridized carbons (Fsp3) is 0.924. The Morgan fingerprint density at radius 1 is 0.467 bits per heavy atom. The summed E-state index contributed by atoms with van der Waals surface area (Å²) < 4.78 is 23.5. The molecule has 0 rings (SSSR count). The van der Waals surface area contributed by atoms with E-state index in [1.165, 1.54) is 270 Å². The van der Waals surface area contributed by atoms with E-state index in [2.05, 4.69) is 43.5 Å². The van der Waals surface area contributed by atoms with Gasteiger partial charge in [0, 0.05) is 6.42 Å². The highest BCUT2D eigenvalue weighted by Gasteiger charge is 2.24. The van der Waals surface area contributed by atoms with E-state index in [9.17, 15) is 19.4 Å². The van der Waals surface area contributed by atoms with Crippen LogP contribution in [0.1, 0.15) is 341 Å². The third-order valence-corrected chi connectivity index (χ3v) is 16.4. The van der Waals surface area contributed by atoms with Crippen molar-refractivity contribution in [3.05, 3.63) is 24.3 Å². The quantitative estimate of drug-likeness (QED) is 0.0272. The predicted molar refractivity (Wildman–Crippen MR) is 325 cm³/mol. The van der Waals surface area contributed by atoms with Crippen LogP contribution in [0.3, 0.4) is 0 Å². The largest absolute Gasteiger partial charge is 0.756 e. The molecule has 8 nitrogen and oxygen atoms in total. The number of aliphatic hydroxyl groups is 1. The summed E-state index contributed by atoms with van der Waals surface area (Å²) >= 11 is 0. The van der Waals surface area contributed by atoms with Gasteiger partial charge in [0.05, 0.1) is 39.9 Å². The van der Waals surface area contributed by atoms with Gasteiger partial charge in [0.15, 0.2) is 0 Å². The Morgan fingerprint density at radius 3 is 1.11 bits per heavy atom. The number of nitrogens with zero attached hydrogens (tertiary/aromatic N) is 1. The number of nitrogens with one attached hydrogen (secondary N) is 1.